The molecule has 0 saturated heterocycles. The summed E-state index contributed by atoms with van der Waals surface area (Å²) in [6.07, 6.45) is 1.63. The summed E-state index contributed by atoms with van der Waals surface area (Å²) >= 11 is 1.59. The summed E-state index contributed by atoms with van der Waals surface area (Å²) in [7, 11) is 0. The fourth-order valence-electron chi connectivity index (χ4n) is 2.28. The zero-order chi connectivity index (χ0) is 14.1. The van der Waals surface area contributed by atoms with E-state index in [1.54, 1.807) is 17.6 Å². The summed E-state index contributed by atoms with van der Waals surface area (Å²) in [6, 6.07) is 5.62. The molecule has 20 heavy (non-hydrogen) atoms. The monoisotopic (exact) mass is 286 g/mol. The van der Waals surface area contributed by atoms with Crippen LogP contribution < -0.4 is 5.32 Å². The molecule has 0 spiro atoms. The quantitative estimate of drug-likeness (QED) is 0.800. The molecular formula is C14H14N4OS. The normalized spacial score (nSPS) is 12.7. The standard InChI is InChI=1S/C14H14N4OS/c1-9-8-20-14-17-10(2)13(18(9)14)12(6-15)16-7-11-4-3-5-19-11/h3-5,8,12,16H,7H2,1-2H3. The minimum Gasteiger partial charge on any atom is -0.468 e. The van der Waals surface area contributed by atoms with Crippen LogP contribution in [0.15, 0.2) is 28.2 Å². The molecule has 3 heterocycles. The number of furan rings is 1. The topological polar surface area (TPSA) is 66.3 Å². The van der Waals surface area contributed by atoms with Gasteiger partial charge in [-0.05, 0) is 26.0 Å². The Hall–Kier alpha value is -2.10. The summed E-state index contributed by atoms with van der Waals surface area (Å²) < 4.78 is 7.32. The van der Waals surface area contributed by atoms with Crippen LogP contribution in [0.5, 0.6) is 0 Å². The fraction of sp³-hybridized carbons (Fsp3) is 0.286. The maximum Gasteiger partial charge on any atom is 0.194 e. The van der Waals surface area contributed by atoms with E-state index in [1.165, 1.54) is 0 Å². The molecular weight excluding hydrogens is 272 g/mol. The molecule has 0 radical (unpaired) electrons. The third kappa shape index (κ3) is 2.11. The van der Waals surface area contributed by atoms with Gasteiger partial charge in [0.2, 0.25) is 0 Å². The number of thiazole rings is 1. The summed E-state index contributed by atoms with van der Waals surface area (Å²) in [5, 5.41) is 14.7. The summed E-state index contributed by atoms with van der Waals surface area (Å²) in [4.78, 5) is 5.44. The lowest BCUT2D eigenvalue weighted by atomic mass is 10.2. The molecule has 0 aliphatic rings. The molecule has 5 nitrogen and oxygen atoms in total. The van der Waals surface area contributed by atoms with Crippen molar-refractivity contribution in [2.45, 2.75) is 26.4 Å². The highest BCUT2D eigenvalue weighted by atomic mass is 32.1. The summed E-state index contributed by atoms with van der Waals surface area (Å²) in [5.74, 6) is 0.811. The maximum absolute atomic E-state index is 9.46. The number of nitrogens with one attached hydrogen (secondary N) is 1. The molecule has 0 fully saturated rings. The Kier molecular flexibility index (Phi) is 3.30. The Morgan fingerprint density at radius 2 is 2.40 bits per heavy atom. The minimum atomic E-state index is -0.414. The van der Waals surface area contributed by atoms with Crippen LogP contribution in [-0.4, -0.2) is 9.38 Å². The van der Waals surface area contributed by atoms with E-state index in [2.05, 4.69) is 16.4 Å². The van der Waals surface area contributed by atoms with Gasteiger partial charge in [0.25, 0.3) is 0 Å². The van der Waals surface area contributed by atoms with E-state index in [9.17, 15) is 5.26 Å². The third-order valence-corrected chi connectivity index (χ3v) is 4.16. The average Bonchev–Trinajstić information content (AvgIpc) is 3.12. The molecule has 3 aromatic heterocycles. The Labute approximate surface area is 120 Å². The van der Waals surface area contributed by atoms with Crippen LogP contribution in [-0.2, 0) is 6.54 Å². The smallest absolute Gasteiger partial charge is 0.194 e. The van der Waals surface area contributed by atoms with Crippen LogP contribution in [0.4, 0.5) is 0 Å². The highest BCUT2D eigenvalue weighted by molar-refractivity contribution is 7.15. The number of nitrogens with zero attached hydrogens (tertiary/aromatic N) is 3. The van der Waals surface area contributed by atoms with Gasteiger partial charge >= 0.3 is 0 Å². The Balaban J connectivity index is 1.93. The first-order valence-electron chi connectivity index (χ1n) is 6.29. The number of fused-ring (bicyclic) bond motifs is 1. The molecule has 0 aromatic carbocycles. The van der Waals surface area contributed by atoms with Gasteiger partial charge in [-0.15, -0.1) is 11.3 Å². The highest BCUT2D eigenvalue weighted by Crippen LogP contribution is 2.25. The molecule has 3 aromatic rings. The van der Waals surface area contributed by atoms with Crippen molar-refractivity contribution in [3.8, 4) is 6.07 Å². The van der Waals surface area contributed by atoms with Gasteiger partial charge in [-0.1, -0.05) is 0 Å². The Morgan fingerprint density at radius 3 is 3.10 bits per heavy atom. The van der Waals surface area contributed by atoms with E-state index in [1.807, 2.05) is 35.8 Å². The van der Waals surface area contributed by atoms with Crippen molar-refractivity contribution in [2.75, 3.05) is 0 Å². The molecule has 102 valence electrons. The van der Waals surface area contributed by atoms with E-state index >= 15 is 0 Å². The average molecular weight is 286 g/mol. The van der Waals surface area contributed by atoms with Gasteiger partial charge in [-0.3, -0.25) is 9.72 Å². The Bertz CT molecular complexity index is 763. The van der Waals surface area contributed by atoms with Gasteiger partial charge in [0, 0.05) is 11.1 Å². The number of hydrogen-bond donors (Lipinski definition) is 1. The van der Waals surface area contributed by atoms with E-state index < -0.39 is 6.04 Å². The molecule has 6 heteroatoms. The zero-order valence-electron chi connectivity index (χ0n) is 11.3. The second kappa shape index (κ2) is 5.12. The van der Waals surface area contributed by atoms with Gasteiger partial charge in [0.1, 0.15) is 11.8 Å². The van der Waals surface area contributed by atoms with E-state index in [4.69, 9.17) is 4.42 Å². The van der Waals surface area contributed by atoms with E-state index in [0.29, 0.717) is 6.54 Å². The highest BCUT2D eigenvalue weighted by Gasteiger charge is 2.21. The van der Waals surface area contributed by atoms with Gasteiger partial charge in [0.05, 0.1) is 30.3 Å². The molecule has 0 amide bonds. The van der Waals surface area contributed by atoms with E-state index in [0.717, 1.165) is 27.8 Å². The second-order valence-corrected chi connectivity index (χ2v) is 5.44. The van der Waals surface area contributed by atoms with E-state index in [-0.39, 0.29) is 0 Å². The predicted octanol–water partition coefficient (Wildman–Crippen LogP) is 2.96. The lowest BCUT2D eigenvalue weighted by molar-refractivity contribution is 0.470. The van der Waals surface area contributed by atoms with Crippen LogP contribution in [0, 0.1) is 25.2 Å². The minimum absolute atomic E-state index is 0.414. The maximum atomic E-state index is 9.46. The Morgan fingerprint density at radius 1 is 1.55 bits per heavy atom. The first kappa shape index (κ1) is 12.9. The van der Waals surface area contributed by atoms with Crippen molar-refractivity contribution in [1.29, 1.82) is 5.26 Å². The molecule has 1 N–H and O–H groups in total. The van der Waals surface area contributed by atoms with Crippen molar-refractivity contribution < 1.29 is 4.42 Å². The number of aryl methyl sites for hydroxylation is 2. The third-order valence-electron chi connectivity index (χ3n) is 3.22. The summed E-state index contributed by atoms with van der Waals surface area (Å²) in [6.45, 7) is 4.48. The number of nitriles is 1. The van der Waals surface area contributed by atoms with Crippen LogP contribution in [0.1, 0.15) is 28.9 Å². The molecule has 0 bridgehead atoms. The molecule has 1 atom stereocenters. The molecule has 0 saturated carbocycles. The van der Waals surface area contributed by atoms with Crippen molar-refractivity contribution in [1.82, 2.24) is 14.7 Å². The largest absolute Gasteiger partial charge is 0.468 e. The van der Waals surface area contributed by atoms with Gasteiger partial charge in [0.15, 0.2) is 4.96 Å². The molecule has 3 rings (SSSR count). The van der Waals surface area contributed by atoms with Crippen LogP contribution in [0.25, 0.3) is 4.96 Å². The van der Waals surface area contributed by atoms with Gasteiger partial charge < -0.3 is 4.42 Å². The molecule has 0 aliphatic carbocycles. The van der Waals surface area contributed by atoms with Crippen molar-refractivity contribution in [3.63, 3.8) is 0 Å². The van der Waals surface area contributed by atoms with Crippen molar-refractivity contribution in [2.24, 2.45) is 0 Å². The number of imidazole rings is 1. The number of hydrogen-bond acceptors (Lipinski definition) is 5. The predicted molar refractivity (Wildman–Crippen MR) is 76.4 cm³/mol. The lowest BCUT2D eigenvalue weighted by Gasteiger charge is -2.11. The van der Waals surface area contributed by atoms with Crippen LogP contribution in [0.3, 0.4) is 0 Å². The fourth-order valence-corrected chi connectivity index (χ4v) is 3.20. The SMILES string of the molecule is Cc1nc2scc(C)n2c1C(C#N)NCc1ccco1. The number of aromatic nitrogens is 2. The molecule has 0 aliphatic heterocycles. The zero-order valence-corrected chi connectivity index (χ0v) is 12.1. The van der Waals surface area contributed by atoms with Gasteiger partial charge in [-0.25, -0.2) is 4.98 Å². The van der Waals surface area contributed by atoms with Crippen LogP contribution >= 0.6 is 11.3 Å². The first-order chi connectivity index (χ1) is 9.70. The van der Waals surface area contributed by atoms with Crippen molar-refractivity contribution >= 4 is 16.3 Å². The summed E-state index contributed by atoms with van der Waals surface area (Å²) in [5.41, 5.74) is 2.90. The lowest BCUT2D eigenvalue weighted by Crippen LogP contribution is -2.21. The second-order valence-electron chi connectivity index (χ2n) is 4.60. The molecule has 1 unspecified atom stereocenters. The number of rotatable bonds is 4. The van der Waals surface area contributed by atoms with Crippen molar-refractivity contribution in [3.05, 3.63) is 46.6 Å². The van der Waals surface area contributed by atoms with Gasteiger partial charge in [-0.2, -0.15) is 5.26 Å². The van der Waals surface area contributed by atoms with Crippen LogP contribution in [0.2, 0.25) is 0 Å². The first-order valence-corrected chi connectivity index (χ1v) is 7.17.